The summed E-state index contributed by atoms with van der Waals surface area (Å²) in [5.41, 5.74) is 2.24. The molecule has 0 spiro atoms. The van der Waals surface area contributed by atoms with Gasteiger partial charge in [0.1, 0.15) is 11.0 Å². The highest BCUT2D eigenvalue weighted by Crippen LogP contribution is 2.27. The van der Waals surface area contributed by atoms with E-state index in [-0.39, 0.29) is 4.75 Å². The molecule has 0 aliphatic carbocycles. The van der Waals surface area contributed by atoms with Gasteiger partial charge in [0.15, 0.2) is 0 Å². The molecular weight excluding hydrogens is 390 g/mol. The predicted molar refractivity (Wildman–Crippen MR) is 106 cm³/mol. The second-order valence-electron chi connectivity index (χ2n) is 6.05. The Morgan fingerprint density at radius 2 is 1.87 bits per heavy atom. The molecule has 0 radical (unpaired) electrons. The summed E-state index contributed by atoms with van der Waals surface area (Å²) in [6, 6.07) is 16.5. The Balaban J connectivity index is 2.03. The van der Waals surface area contributed by atoms with Crippen molar-refractivity contribution in [3.8, 4) is 0 Å². The second kappa shape index (κ2) is 8.27. The predicted octanol–water partition coefficient (Wildman–Crippen LogP) is 5.62. The van der Waals surface area contributed by atoms with Gasteiger partial charge in [0.05, 0.1) is 4.75 Å². The molecule has 2 rings (SSSR count). The van der Waals surface area contributed by atoms with Crippen LogP contribution in [0.4, 0.5) is 0 Å². The fraction of sp³-hybridized carbons (Fsp3) is 0.278. The van der Waals surface area contributed by atoms with Gasteiger partial charge in [0.2, 0.25) is 0 Å². The van der Waals surface area contributed by atoms with E-state index in [0.29, 0.717) is 0 Å². The van der Waals surface area contributed by atoms with Crippen LogP contribution in [0.25, 0.3) is 0 Å². The Morgan fingerprint density at radius 3 is 2.48 bits per heavy atom. The Hall–Kier alpha value is -0.910. The van der Waals surface area contributed by atoms with E-state index in [2.05, 4.69) is 56.7 Å². The molecular formula is C18H20BrNOS2. The third-order valence-corrected chi connectivity index (χ3v) is 6.13. The zero-order chi connectivity index (χ0) is 16.9. The standard InChI is InChI=1S/C18H20BrNOS2/c1-18(2,3)23(21)20-12-15-9-10-16(11-17(15)19)22-13-14-7-5-4-6-8-14/h4-12H,13H2,1-3H3/t23-/m0/s1. The molecule has 1 atom stereocenters. The van der Waals surface area contributed by atoms with Gasteiger partial charge in [-0.25, -0.2) is 4.21 Å². The molecule has 0 saturated heterocycles. The summed E-state index contributed by atoms with van der Waals surface area (Å²) in [5.74, 6) is 0.939. The molecule has 0 N–H and O–H groups in total. The summed E-state index contributed by atoms with van der Waals surface area (Å²) in [4.78, 5) is 1.19. The van der Waals surface area contributed by atoms with E-state index >= 15 is 0 Å². The van der Waals surface area contributed by atoms with Gasteiger partial charge in [-0.1, -0.05) is 52.3 Å². The van der Waals surface area contributed by atoms with Gasteiger partial charge in [0, 0.05) is 26.9 Å². The molecule has 0 bridgehead atoms. The first-order chi connectivity index (χ1) is 10.9. The number of thioether (sulfide) groups is 1. The van der Waals surface area contributed by atoms with E-state index in [1.165, 1.54) is 10.5 Å². The van der Waals surface area contributed by atoms with E-state index in [9.17, 15) is 4.21 Å². The molecule has 0 fully saturated rings. The van der Waals surface area contributed by atoms with Gasteiger partial charge < -0.3 is 0 Å². The van der Waals surface area contributed by atoms with E-state index in [4.69, 9.17) is 0 Å². The quantitative estimate of drug-likeness (QED) is 0.473. The van der Waals surface area contributed by atoms with E-state index < -0.39 is 11.0 Å². The molecule has 0 aromatic heterocycles. The molecule has 0 aliphatic heterocycles. The van der Waals surface area contributed by atoms with Crippen molar-refractivity contribution < 1.29 is 4.21 Å². The molecule has 0 aliphatic rings. The van der Waals surface area contributed by atoms with E-state index in [0.717, 1.165) is 15.8 Å². The largest absolute Gasteiger partial charge is 0.234 e. The fourth-order valence-corrected chi connectivity index (χ4v) is 3.76. The maximum Gasteiger partial charge on any atom is 0.144 e. The second-order valence-corrected chi connectivity index (χ2v) is 9.89. The molecule has 0 saturated carbocycles. The number of hydrogen-bond donors (Lipinski definition) is 0. The van der Waals surface area contributed by atoms with Crippen LogP contribution in [0.3, 0.4) is 0 Å². The Kier molecular flexibility index (Phi) is 6.62. The van der Waals surface area contributed by atoms with Crippen LogP contribution in [0.2, 0.25) is 0 Å². The average molecular weight is 410 g/mol. The summed E-state index contributed by atoms with van der Waals surface area (Å²) < 4.78 is 16.8. The van der Waals surface area contributed by atoms with Gasteiger partial charge in [0.25, 0.3) is 0 Å². The smallest absolute Gasteiger partial charge is 0.144 e. The zero-order valence-corrected chi connectivity index (χ0v) is 16.7. The van der Waals surface area contributed by atoms with Crippen molar-refractivity contribution in [1.82, 2.24) is 0 Å². The monoisotopic (exact) mass is 409 g/mol. The van der Waals surface area contributed by atoms with Crippen molar-refractivity contribution in [3.63, 3.8) is 0 Å². The molecule has 23 heavy (non-hydrogen) atoms. The molecule has 5 heteroatoms. The third kappa shape index (κ3) is 5.90. The van der Waals surface area contributed by atoms with Gasteiger partial charge in [-0.05, 0) is 38.5 Å². The minimum Gasteiger partial charge on any atom is -0.234 e. The minimum absolute atomic E-state index is 0.339. The molecule has 0 unspecified atom stereocenters. The van der Waals surface area contributed by atoms with Gasteiger partial charge in [-0.15, -0.1) is 11.8 Å². The highest BCUT2D eigenvalue weighted by atomic mass is 79.9. The van der Waals surface area contributed by atoms with Crippen LogP contribution in [-0.2, 0) is 16.7 Å². The molecule has 122 valence electrons. The van der Waals surface area contributed by atoms with Crippen molar-refractivity contribution >= 4 is 44.9 Å². The van der Waals surface area contributed by atoms with Crippen LogP contribution in [-0.4, -0.2) is 15.2 Å². The first-order valence-electron chi connectivity index (χ1n) is 7.28. The Labute approximate surface area is 153 Å². The number of nitrogens with zero attached hydrogens (tertiary/aromatic N) is 1. The first kappa shape index (κ1) is 18.4. The maximum atomic E-state index is 12.0. The SMILES string of the molecule is CC(C)(C)[S@](=O)N=Cc1ccc(SCc2ccccc2)cc1Br. The highest BCUT2D eigenvalue weighted by molar-refractivity contribution is 9.10. The van der Waals surface area contributed by atoms with Gasteiger partial charge >= 0.3 is 0 Å². The van der Waals surface area contributed by atoms with Gasteiger partial charge in [-0.3, -0.25) is 0 Å². The lowest BCUT2D eigenvalue weighted by Crippen LogP contribution is -2.19. The first-order valence-corrected chi connectivity index (χ1v) is 10.2. The molecule has 2 aromatic rings. The average Bonchev–Trinajstić information content (AvgIpc) is 2.51. The van der Waals surface area contributed by atoms with Crippen molar-refractivity contribution in [1.29, 1.82) is 0 Å². The molecule has 0 heterocycles. The van der Waals surface area contributed by atoms with Crippen LogP contribution in [0.15, 0.2) is 62.3 Å². The minimum atomic E-state index is -1.24. The van der Waals surface area contributed by atoms with Crippen LogP contribution in [0, 0.1) is 0 Å². The lowest BCUT2D eigenvalue weighted by atomic mass is 10.2. The van der Waals surface area contributed by atoms with Crippen molar-refractivity contribution in [2.24, 2.45) is 4.40 Å². The Bertz CT molecular complexity index is 709. The van der Waals surface area contributed by atoms with Crippen molar-refractivity contribution in [2.45, 2.75) is 36.2 Å². The highest BCUT2D eigenvalue weighted by Gasteiger charge is 2.18. The Morgan fingerprint density at radius 1 is 1.17 bits per heavy atom. The summed E-state index contributed by atoms with van der Waals surface area (Å²) in [6.07, 6.45) is 1.68. The van der Waals surface area contributed by atoms with Crippen LogP contribution in [0.5, 0.6) is 0 Å². The maximum absolute atomic E-state index is 12.0. The summed E-state index contributed by atoms with van der Waals surface area (Å²) in [6.45, 7) is 5.75. The summed E-state index contributed by atoms with van der Waals surface area (Å²) >= 11 is 5.36. The third-order valence-electron chi connectivity index (χ3n) is 3.03. The van der Waals surface area contributed by atoms with E-state index in [1.54, 1.807) is 18.0 Å². The zero-order valence-electron chi connectivity index (χ0n) is 13.5. The van der Waals surface area contributed by atoms with Crippen LogP contribution >= 0.6 is 27.7 Å². The van der Waals surface area contributed by atoms with Crippen molar-refractivity contribution in [3.05, 3.63) is 64.1 Å². The molecule has 2 nitrogen and oxygen atoms in total. The lowest BCUT2D eigenvalue weighted by Gasteiger charge is -2.12. The van der Waals surface area contributed by atoms with Crippen LogP contribution < -0.4 is 0 Å². The summed E-state index contributed by atoms with van der Waals surface area (Å²) in [7, 11) is -1.24. The fourth-order valence-electron chi connectivity index (χ4n) is 1.71. The topological polar surface area (TPSA) is 29.4 Å². The lowest BCUT2D eigenvalue weighted by molar-refractivity contribution is 0.651. The summed E-state index contributed by atoms with van der Waals surface area (Å²) in [5, 5.41) is 0. The van der Waals surface area contributed by atoms with E-state index in [1.807, 2.05) is 32.9 Å². The number of benzene rings is 2. The molecule has 0 amide bonds. The van der Waals surface area contributed by atoms with Crippen molar-refractivity contribution in [2.75, 3.05) is 0 Å². The molecule has 2 aromatic carbocycles. The number of rotatable bonds is 5. The van der Waals surface area contributed by atoms with Gasteiger partial charge in [-0.2, -0.15) is 4.40 Å². The van der Waals surface area contributed by atoms with Crippen LogP contribution in [0.1, 0.15) is 31.9 Å². The normalized spacial score (nSPS) is 13.4. The number of hydrogen-bond acceptors (Lipinski definition) is 2. The number of halogens is 1.